The Hall–Kier alpha value is -2.08. The van der Waals surface area contributed by atoms with Crippen LogP contribution in [0.15, 0.2) is 42.5 Å². The maximum atomic E-state index is 2.45. The Balaban J connectivity index is 2.36. The molecule has 4 aromatic rings. The van der Waals surface area contributed by atoms with Gasteiger partial charge in [0.15, 0.2) is 0 Å². The molecule has 0 nitrogen and oxygen atoms in total. The van der Waals surface area contributed by atoms with Crippen LogP contribution in [0, 0.1) is 0 Å². The van der Waals surface area contributed by atoms with E-state index in [-0.39, 0.29) is 0 Å². The van der Waals surface area contributed by atoms with Crippen LogP contribution in [0.2, 0.25) is 0 Å². The summed E-state index contributed by atoms with van der Waals surface area (Å²) in [5.41, 5.74) is 4.46. The van der Waals surface area contributed by atoms with Crippen molar-refractivity contribution in [1.29, 1.82) is 0 Å². The first-order chi connectivity index (χ1) is 10.8. The molecule has 0 aliphatic heterocycles. The molecule has 22 heavy (non-hydrogen) atoms. The first kappa shape index (κ1) is 13.6. The van der Waals surface area contributed by atoms with E-state index in [0.29, 0.717) is 0 Å². The van der Waals surface area contributed by atoms with Gasteiger partial charge in [-0.05, 0) is 68.3 Å². The number of rotatable bonds is 3. The van der Waals surface area contributed by atoms with Crippen LogP contribution in [0.1, 0.15) is 37.5 Å². The lowest BCUT2D eigenvalue weighted by Crippen LogP contribution is -1.96. The largest absolute Gasteiger partial charge is 0.0613 e. The van der Waals surface area contributed by atoms with Crippen LogP contribution in [0.5, 0.6) is 0 Å². The fourth-order valence-electron chi connectivity index (χ4n) is 4.01. The minimum Gasteiger partial charge on any atom is -0.0613 e. The van der Waals surface area contributed by atoms with E-state index in [1.807, 2.05) is 0 Å². The van der Waals surface area contributed by atoms with Gasteiger partial charge in [-0.2, -0.15) is 0 Å². The van der Waals surface area contributed by atoms with Crippen molar-refractivity contribution in [2.75, 3.05) is 0 Å². The summed E-state index contributed by atoms with van der Waals surface area (Å²) < 4.78 is 0. The zero-order valence-electron chi connectivity index (χ0n) is 13.7. The molecule has 0 radical (unpaired) electrons. The van der Waals surface area contributed by atoms with Crippen LogP contribution in [-0.4, -0.2) is 0 Å². The first-order valence-electron chi connectivity index (χ1n) is 8.49. The van der Waals surface area contributed by atoms with Crippen molar-refractivity contribution in [1.82, 2.24) is 0 Å². The van der Waals surface area contributed by atoms with Crippen molar-refractivity contribution >= 4 is 32.3 Å². The van der Waals surface area contributed by atoms with Crippen LogP contribution < -0.4 is 0 Å². The van der Waals surface area contributed by atoms with E-state index in [0.717, 1.165) is 19.3 Å². The SMILES string of the molecule is CCc1cc2c(CC)cc(CC)c3ccc4cccc1c4c32. The van der Waals surface area contributed by atoms with Crippen LogP contribution in [0.25, 0.3) is 32.3 Å². The number of hydrogen-bond donors (Lipinski definition) is 0. The van der Waals surface area contributed by atoms with Gasteiger partial charge in [-0.15, -0.1) is 0 Å². The van der Waals surface area contributed by atoms with E-state index in [2.05, 4.69) is 63.2 Å². The van der Waals surface area contributed by atoms with Gasteiger partial charge in [-0.3, -0.25) is 0 Å². The second-order valence-corrected chi connectivity index (χ2v) is 6.23. The molecule has 0 amide bonds. The highest BCUT2D eigenvalue weighted by molar-refractivity contribution is 6.25. The van der Waals surface area contributed by atoms with E-state index >= 15 is 0 Å². The third-order valence-corrected chi connectivity index (χ3v) is 5.16. The van der Waals surface area contributed by atoms with E-state index in [1.54, 1.807) is 0 Å². The van der Waals surface area contributed by atoms with Gasteiger partial charge in [-0.1, -0.05) is 63.2 Å². The fourth-order valence-corrected chi connectivity index (χ4v) is 4.01. The molecule has 0 saturated heterocycles. The van der Waals surface area contributed by atoms with Gasteiger partial charge < -0.3 is 0 Å². The summed E-state index contributed by atoms with van der Waals surface area (Å²) >= 11 is 0. The van der Waals surface area contributed by atoms with Crippen LogP contribution in [0.4, 0.5) is 0 Å². The summed E-state index contributed by atoms with van der Waals surface area (Å²) in [5, 5.41) is 8.69. The van der Waals surface area contributed by atoms with Crippen molar-refractivity contribution in [2.24, 2.45) is 0 Å². The van der Waals surface area contributed by atoms with Crippen molar-refractivity contribution in [3.63, 3.8) is 0 Å². The molecule has 4 aromatic carbocycles. The Bertz CT molecular complexity index is 976. The lowest BCUT2D eigenvalue weighted by Gasteiger charge is -2.18. The Labute approximate surface area is 132 Å². The quantitative estimate of drug-likeness (QED) is 0.389. The Morgan fingerprint density at radius 2 is 1.23 bits per heavy atom. The zero-order valence-corrected chi connectivity index (χ0v) is 13.7. The lowest BCUT2D eigenvalue weighted by atomic mass is 9.86. The van der Waals surface area contributed by atoms with Crippen molar-refractivity contribution in [3.05, 3.63) is 59.2 Å². The van der Waals surface area contributed by atoms with Crippen LogP contribution >= 0.6 is 0 Å². The zero-order chi connectivity index (χ0) is 15.3. The Kier molecular flexibility index (Phi) is 3.07. The molecule has 110 valence electrons. The maximum Gasteiger partial charge on any atom is -0.00211 e. The van der Waals surface area contributed by atoms with Gasteiger partial charge in [-0.25, -0.2) is 0 Å². The Morgan fingerprint density at radius 1 is 0.591 bits per heavy atom. The summed E-state index contributed by atoms with van der Waals surface area (Å²) in [7, 11) is 0. The molecule has 0 fully saturated rings. The third-order valence-electron chi connectivity index (χ3n) is 5.16. The summed E-state index contributed by atoms with van der Waals surface area (Å²) in [6.45, 7) is 6.81. The fraction of sp³-hybridized carbons (Fsp3) is 0.273. The Morgan fingerprint density at radius 3 is 1.95 bits per heavy atom. The van der Waals surface area contributed by atoms with E-state index in [1.165, 1.54) is 49.0 Å². The van der Waals surface area contributed by atoms with Crippen molar-refractivity contribution < 1.29 is 0 Å². The van der Waals surface area contributed by atoms with Crippen molar-refractivity contribution in [3.8, 4) is 0 Å². The standard InChI is InChI=1S/C22H22/c1-4-14-12-15(5-2)20-13-16(6-3)18-9-7-8-17-10-11-19(14)22(20)21(17)18/h7-13H,4-6H2,1-3H3. The highest BCUT2D eigenvalue weighted by Crippen LogP contribution is 2.39. The molecule has 0 N–H and O–H groups in total. The highest BCUT2D eigenvalue weighted by atomic mass is 14.2. The molecule has 0 aliphatic rings. The minimum atomic E-state index is 1.09. The van der Waals surface area contributed by atoms with Gasteiger partial charge in [0.05, 0.1) is 0 Å². The maximum absolute atomic E-state index is 2.45. The van der Waals surface area contributed by atoms with Gasteiger partial charge in [0.25, 0.3) is 0 Å². The van der Waals surface area contributed by atoms with E-state index in [9.17, 15) is 0 Å². The first-order valence-corrected chi connectivity index (χ1v) is 8.49. The molecule has 0 heterocycles. The molecule has 4 rings (SSSR count). The molecular weight excluding hydrogens is 264 g/mol. The average Bonchev–Trinajstić information content (AvgIpc) is 2.58. The molecular formula is C22H22. The molecule has 0 atom stereocenters. The predicted octanol–water partition coefficient (Wildman–Crippen LogP) is 6.27. The molecule has 0 heteroatoms. The predicted molar refractivity (Wildman–Crippen MR) is 98.3 cm³/mol. The molecule has 0 bridgehead atoms. The normalized spacial score (nSPS) is 12.0. The third kappa shape index (κ3) is 1.70. The average molecular weight is 286 g/mol. The molecule has 0 saturated carbocycles. The lowest BCUT2D eigenvalue weighted by molar-refractivity contribution is 1.11. The number of aryl methyl sites for hydroxylation is 3. The number of benzene rings is 4. The summed E-state index contributed by atoms with van der Waals surface area (Å²) in [6.07, 6.45) is 3.29. The van der Waals surface area contributed by atoms with Gasteiger partial charge >= 0.3 is 0 Å². The number of hydrogen-bond acceptors (Lipinski definition) is 0. The topological polar surface area (TPSA) is 0 Å². The van der Waals surface area contributed by atoms with Gasteiger partial charge in [0.2, 0.25) is 0 Å². The summed E-state index contributed by atoms with van der Waals surface area (Å²) in [5.74, 6) is 0. The van der Waals surface area contributed by atoms with Gasteiger partial charge in [0.1, 0.15) is 0 Å². The summed E-state index contributed by atoms with van der Waals surface area (Å²) in [4.78, 5) is 0. The molecule has 0 unspecified atom stereocenters. The highest BCUT2D eigenvalue weighted by Gasteiger charge is 2.15. The molecule has 0 aliphatic carbocycles. The van der Waals surface area contributed by atoms with E-state index in [4.69, 9.17) is 0 Å². The molecule has 0 aromatic heterocycles. The minimum absolute atomic E-state index is 1.09. The summed E-state index contributed by atoms with van der Waals surface area (Å²) in [6, 6.07) is 16.3. The monoisotopic (exact) mass is 286 g/mol. The molecule has 0 spiro atoms. The van der Waals surface area contributed by atoms with Crippen LogP contribution in [-0.2, 0) is 19.3 Å². The van der Waals surface area contributed by atoms with E-state index < -0.39 is 0 Å². The van der Waals surface area contributed by atoms with Crippen LogP contribution in [0.3, 0.4) is 0 Å². The smallest absolute Gasteiger partial charge is 0.00211 e. The van der Waals surface area contributed by atoms with Gasteiger partial charge in [0, 0.05) is 0 Å². The second-order valence-electron chi connectivity index (χ2n) is 6.23. The second kappa shape index (κ2) is 4.98. The van der Waals surface area contributed by atoms with Crippen molar-refractivity contribution in [2.45, 2.75) is 40.0 Å².